The summed E-state index contributed by atoms with van der Waals surface area (Å²) >= 11 is 0. The number of nitrogens with zero attached hydrogens (tertiary/aromatic N) is 1. The number of aliphatic hydroxyl groups is 2. The van der Waals surface area contributed by atoms with E-state index in [9.17, 15) is 10.2 Å². The number of hydrogen-bond acceptors (Lipinski definition) is 6. The van der Waals surface area contributed by atoms with E-state index in [-0.39, 0.29) is 0 Å². The second kappa shape index (κ2) is 10.5. The fourth-order valence-corrected chi connectivity index (χ4v) is 2.22. The van der Waals surface area contributed by atoms with Crippen LogP contribution in [0.2, 0.25) is 0 Å². The van der Waals surface area contributed by atoms with Gasteiger partial charge in [0.1, 0.15) is 0 Å². The Labute approximate surface area is 121 Å². The van der Waals surface area contributed by atoms with Crippen LogP contribution in [-0.4, -0.2) is 86.6 Å². The van der Waals surface area contributed by atoms with Crippen LogP contribution in [0.4, 0.5) is 0 Å². The maximum Gasteiger partial charge on any atom is 0.0900 e. The van der Waals surface area contributed by atoms with E-state index < -0.39 is 12.2 Å². The molecule has 1 fully saturated rings. The second-order valence-electron chi connectivity index (χ2n) is 5.68. The van der Waals surface area contributed by atoms with Gasteiger partial charge in [-0.05, 0) is 5.92 Å². The summed E-state index contributed by atoms with van der Waals surface area (Å²) in [5.41, 5.74) is 0. The van der Waals surface area contributed by atoms with Crippen molar-refractivity contribution in [3.63, 3.8) is 0 Å². The summed E-state index contributed by atoms with van der Waals surface area (Å²) in [6.07, 6.45) is -1.10. The van der Waals surface area contributed by atoms with Crippen LogP contribution in [0.5, 0.6) is 0 Å². The van der Waals surface area contributed by atoms with Crippen molar-refractivity contribution in [3.05, 3.63) is 0 Å². The molecule has 1 aliphatic rings. The molecular formula is C14H29NO5. The molecule has 6 nitrogen and oxygen atoms in total. The molecule has 1 heterocycles. The number of β-amino-alcohol motifs (C(OH)–C–C–N with tert-alkyl or cyclic N) is 2. The van der Waals surface area contributed by atoms with Crippen molar-refractivity contribution >= 4 is 0 Å². The van der Waals surface area contributed by atoms with Gasteiger partial charge in [-0.1, -0.05) is 13.8 Å². The van der Waals surface area contributed by atoms with Crippen molar-refractivity contribution in [3.8, 4) is 0 Å². The molecule has 120 valence electrons. The molecule has 0 bridgehead atoms. The van der Waals surface area contributed by atoms with E-state index in [1.807, 2.05) is 0 Å². The number of aliphatic hydroxyl groups excluding tert-OH is 2. The summed E-state index contributed by atoms with van der Waals surface area (Å²) in [5.74, 6) is 0.475. The molecule has 20 heavy (non-hydrogen) atoms. The first-order chi connectivity index (χ1) is 9.58. The Kier molecular flexibility index (Phi) is 9.33. The monoisotopic (exact) mass is 291 g/mol. The van der Waals surface area contributed by atoms with Gasteiger partial charge in [0.25, 0.3) is 0 Å². The van der Waals surface area contributed by atoms with Crippen LogP contribution < -0.4 is 0 Å². The van der Waals surface area contributed by atoms with Gasteiger partial charge in [0, 0.05) is 19.6 Å². The lowest BCUT2D eigenvalue weighted by atomic mass is 10.2. The molecule has 0 amide bonds. The zero-order valence-corrected chi connectivity index (χ0v) is 12.7. The minimum Gasteiger partial charge on any atom is -0.389 e. The molecule has 1 rings (SSSR count). The largest absolute Gasteiger partial charge is 0.389 e. The van der Waals surface area contributed by atoms with Crippen molar-refractivity contribution in [2.75, 3.05) is 59.3 Å². The van der Waals surface area contributed by atoms with Crippen LogP contribution in [0.1, 0.15) is 13.8 Å². The van der Waals surface area contributed by atoms with Crippen LogP contribution in [-0.2, 0) is 14.2 Å². The van der Waals surface area contributed by atoms with Crippen molar-refractivity contribution in [1.29, 1.82) is 0 Å². The van der Waals surface area contributed by atoms with Gasteiger partial charge in [-0.2, -0.15) is 0 Å². The zero-order chi connectivity index (χ0) is 14.8. The first-order valence-electron chi connectivity index (χ1n) is 7.39. The van der Waals surface area contributed by atoms with E-state index in [2.05, 4.69) is 18.7 Å². The predicted molar refractivity (Wildman–Crippen MR) is 75.7 cm³/mol. The fraction of sp³-hybridized carbons (Fsp3) is 1.00. The Morgan fingerprint density at radius 1 is 0.900 bits per heavy atom. The van der Waals surface area contributed by atoms with E-state index in [1.165, 1.54) is 0 Å². The van der Waals surface area contributed by atoms with E-state index in [0.29, 0.717) is 58.6 Å². The van der Waals surface area contributed by atoms with Crippen molar-refractivity contribution in [1.82, 2.24) is 4.90 Å². The minimum absolute atomic E-state index is 0.296. The lowest BCUT2D eigenvalue weighted by molar-refractivity contribution is -0.0457. The molecule has 0 aromatic heterocycles. The lowest BCUT2D eigenvalue weighted by Crippen LogP contribution is -2.42. The van der Waals surface area contributed by atoms with E-state index in [0.717, 1.165) is 6.54 Å². The Bertz CT molecular complexity index is 222. The molecule has 0 spiro atoms. The summed E-state index contributed by atoms with van der Waals surface area (Å²) < 4.78 is 16.0. The predicted octanol–water partition coefficient (Wildman–Crippen LogP) is -0.270. The Balaban J connectivity index is 2.47. The maximum absolute atomic E-state index is 9.97. The van der Waals surface area contributed by atoms with Crippen LogP contribution in [0.15, 0.2) is 0 Å². The molecule has 0 aromatic carbocycles. The number of rotatable bonds is 2. The molecule has 1 saturated heterocycles. The van der Waals surface area contributed by atoms with Crippen molar-refractivity contribution in [2.45, 2.75) is 26.1 Å². The van der Waals surface area contributed by atoms with Gasteiger partial charge >= 0.3 is 0 Å². The minimum atomic E-state index is -0.551. The quantitative estimate of drug-likeness (QED) is 0.730. The fourth-order valence-electron chi connectivity index (χ4n) is 2.22. The highest BCUT2D eigenvalue weighted by atomic mass is 16.5. The summed E-state index contributed by atoms with van der Waals surface area (Å²) in [6.45, 7) is 8.60. The number of hydrogen-bond donors (Lipinski definition) is 2. The van der Waals surface area contributed by atoms with E-state index in [4.69, 9.17) is 14.2 Å². The van der Waals surface area contributed by atoms with Gasteiger partial charge in [0.05, 0.1) is 51.8 Å². The topological polar surface area (TPSA) is 71.4 Å². The first kappa shape index (κ1) is 17.8. The molecule has 0 radical (unpaired) electrons. The molecule has 6 heteroatoms. The summed E-state index contributed by atoms with van der Waals surface area (Å²) in [6, 6.07) is 0. The summed E-state index contributed by atoms with van der Waals surface area (Å²) in [7, 11) is 0. The molecule has 2 N–H and O–H groups in total. The smallest absolute Gasteiger partial charge is 0.0900 e. The van der Waals surface area contributed by atoms with E-state index in [1.54, 1.807) is 0 Å². The average molecular weight is 291 g/mol. The standard InChI is InChI=1S/C14H29NO5/c1-12(2)7-15-8-13(16)10-19-5-3-18-4-6-20-11-14(17)9-15/h12-14,16-17H,3-11H2,1-2H3. The van der Waals surface area contributed by atoms with Gasteiger partial charge < -0.3 is 24.4 Å². The molecule has 0 saturated carbocycles. The van der Waals surface area contributed by atoms with Crippen LogP contribution in [0.3, 0.4) is 0 Å². The zero-order valence-electron chi connectivity index (χ0n) is 12.7. The third-order valence-corrected chi connectivity index (χ3v) is 2.93. The molecule has 2 unspecified atom stereocenters. The van der Waals surface area contributed by atoms with Gasteiger partial charge in [0.2, 0.25) is 0 Å². The molecule has 1 aliphatic heterocycles. The number of ether oxygens (including phenoxy) is 3. The highest BCUT2D eigenvalue weighted by Crippen LogP contribution is 2.03. The molecule has 2 atom stereocenters. The third kappa shape index (κ3) is 8.84. The third-order valence-electron chi connectivity index (χ3n) is 2.93. The van der Waals surface area contributed by atoms with Gasteiger partial charge in [0.15, 0.2) is 0 Å². The first-order valence-corrected chi connectivity index (χ1v) is 7.39. The van der Waals surface area contributed by atoms with Gasteiger partial charge in [-0.15, -0.1) is 0 Å². The Hall–Kier alpha value is -0.240. The Morgan fingerprint density at radius 3 is 1.80 bits per heavy atom. The van der Waals surface area contributed by atoms with Gasteiger partial charge in [-0.3, -0.25) is 4.90 Å². The van der Waals surface area contributed by atoms with Crippen molar-refractivity contribution in [2.24, 2.45) is 5.92 Å². The van der Waals surface area contributed by atoms with Crippen LogP contribution in [0, 0.1) is 5.92 Å². The average Bonchev–Trinajstić information content (AvgIpc) is 2.35. The van der Waals surface area contributed by atoms with Crippen LogP contribution in [0.25, 0.3) is 0 Å². The highest BCUT2D eigenvalue weighted by Gasteiger charge is 2.17. The lowest BCUT2D eigenvalue weighted by Gasteiger charge is -2.28. The van der Waals surface area contributed by atoms with E-state index >= 15 is 0 Å². The van der Waals surface area contributed by atoms with Gasteiger partial charge in [-0.25, -0.2) is 0 Å². The summed E-state index contributed by atoms with van der Waals surface area (Å²) in [4.78, 5) is 2.06. The molecular weight excluding hydrogens is 262 g/mol. The normalized spacial score (nSPS) is 29.2. The molecule has 0 aromatic rings. The molecule has 0 aliphatic carbocycles. The van der Waals surface area contributed by atoms with Crippen molar-refractivity contribution < 1.29 is 24.4 Å². The second-order valence-corrected chi connectivity index (χ2v) is 5.68. The SMILES string of the molecule is CC(C)CN1CC(O)COCCOCCOCC(O)C1. The van der Waals surface area contributed by atoms with Crippen LogP contribution >= 0.6 is 0 Å². The summed E-state index contributed by atoms with van der Waals surface area (Å²) in [5, 5.41) is 19.9. The highest BCUT2D eigenvalue weighted by molar-refractivity contribution is 4.70. The maximum atomic E-state index is 9.97. The Morgan fingerprint density at radius 2 is 1.35 bits per heavy atom.